The molecule has 0 spiro atoms. The van der Waals surface area contributed by atoms with Crippen LogP contribution in [0.25, 0.3) is 0 Å². The number of benzene rings is 1. The standard InChI is InChI=1S/C17H25N5O/c1-13-19-16(18-10-5-11-22(2)3)12-17(20-13)21-14-6-8-15(23-4)9-7-14/h6-9,12H,5,10-11H2,1-4H3,(H2,18,19,20,21). The van der Waals surface area contributed by atoms with Crippen LogP contribution in [0.3, 0.4) is 0 Å². The molecule has 0 bridgehead atoms. The van der Waals surface area contributed by atoms with E-state index in [0.717, 1.165) is 48.4 Å². The summed E-state index contributed by atoms with van der Waals surface area (Å²) in [6, 6.07) is 9.67. The first-order valence-corrected chi connectivity index (χ1v) is 7.72. The van der Waals surface area contributed by atoms with E-state index in [1.807, 2.05) is 37.3 Å². The fraction of sp³-hybridized carbons (Fsp3) is 0.412. The van der Waals surface area contributed by atoms with Gasteiger partial charge in [-0.25, -0.2) is 9.97 Å². The first kappa shape index (κ1) is 17.0. The Kier molecular flexibility index (Phi) is 6.17. The third-order valence-corrected chi connectivity index (χ3v) is 3.29. The molecular formula is C17H25N5O. The van der Waals surface area contributed by atoms with Gasteiger partial charge in [-0.1, -0.05) is 0 Å². The molecule has 0 saturated carbocycles. The topological polar surface area (TPSA) is 62.3 Å². The van der Waals surface area contributed by atoms with Crippen molar-refractivity contribution in [2.24, 2.45) is 0 Å². The fourth-order valence-electron chi connectivity index (χ4n) is 2.16. The van der Waals surface area contributed by atoms with Crippen LogP contribution in [0.1, 0.15) is 12.2 Å². The zero-order valence-electron chi connectivity index (χ0n) is 14.3. The maximum absolute atomic E-state index is 5.16. The Balaban J connectivity index is 1.98. The second-order valence-electron chi connectivity index (χ2n) is 5.62. The lowest BCUT2D eigenvalue weighted by Crippen LogP contribution is -2.16. The predicted molar refractivity (Wildman–Crippen MR) is 94.7 cm³/mol. The Bertz CT molecular complexity index is 613. The highest BCUT2D eigenvalue weighted by Crippen LogP contribution is 2.20. The van der Waals surface area contributed by atoms with E-state index in [9.17, 15) is 0 Å². The highest BCUT2D eigenvalue weighted by atomic mass is 16.5. The largest absolute Gasteiger partial charge is 0.497 e. The van der Waals surface area contributed by atoms with E-state index >= 15 is 0 Å². The normalized spacial score (nSPS) is 10.7. The second kappa shape index (κ2) is 8.33. The molecule has 6 heteroatoms. The van der Waals surface area contributed by atoms with E-state index in [4.69, 9.17) is 4.74 Å². The highest BCUT2D eigenvalue weighted by Gasteiger charge is 2.03. The highest BCUT2D eigenvalue weighted by molar-refractivity contribution is 5.59. The van der Waals surface area contributed by atoms with E-state index in [0.29, 0.717) is 0 Å². The van der Waals surface area contributed by atoms with Crippen LogP contribution in [0.15, 0.2) is 30.3 Å². The molecule has 0 aliphatic heterocycles. The van der Waals surface area contributed by atoms with Crippen molar-refractivity contribution in [3.05, 3.63) is 36.2 Å². The van der Waals surface area contributed by atoms with Crippen LogP contribution in [-0.4, -0.2) is 49.2 Å². The maximum atomic E-state index is 5.16. The van der Waals surface area contributed by atoms with Gasteiger partial charge in [0, 0.05) is 18.3 Å². The Morgan fingerprint density at radius 3 is 2.43 bits per heavy atom. The van der Waals surface area contributed by atoms with Crippen molar-refractivity contribution < 1.29 is 4.74 Å². The molecular weight excluding hydrogens is 290 g/mol. The number of aryl methyl sites for hydroxylation is 1. The molecule has 0 atom stereocenters. The van der Waals surface area contributed by atoms with Gasteiger partial charge in [-0.2, -0.15) is 0 Å². The Morgan fingerprint density at radius 2 is 1.78 bits per heavy atom. The van der Waals surface area contributed by atoms with Gasteiger partial charge in [-0.05, 0) is 58.3 Å². The fourth-order valence-corrected chi connectivity index (χ4v) is 2.16. The summed E-state index contributed by atoms with van der Waals surface area (Å²) < 4.78 is 5.16. The van der Waals surface area contributed by atoms with E-state index < -0.39 is 0 Å². The van der Waals surface area contributed by atoms with E-state index in [-0.39, 0.29) is 0 Å². The van der Waals surface area contributed by atoms with E-state index in [1.54, 1.807) is 7.11 Å². The molecule has 1 aromatic heterocycles. The van der Waals surface area contributed by atoms with E-state index in [1.165, 1.54) is 0 Å². The molecule has 1 aromatic carbocycles. The lowest BCUT2D eigenvalue weighted by Gasteiger charge is -2.12. The smallest absolute Gasteiger partial charge is 0.136 e. The zero-order chi connectivity index (χ0) is 16.7. The Labute approximate surface area is 137 Å². The van der Waals surface area contributed by atoms with Gasteiger partial charge in [0.15, 0.2) is 0 Å². The number of nitrogens with one attached hydrogen (secondary N) is 2. The van der Waals surface area contributed by atoms with Crippen molar-refractivity contribution in [3.8, 4) is 5.75 Å². The first-order valence-electron chi connectivity index (χ1n) is 7.72. The molecule has 0 unspecified atom stereocenters. The summed E-state index contributed by atoms with van der Waals surface area (Å²) in [4.78, 5) is 11.0. The van der Waals surface area contributed by atoms with Crippen LogP contribution >= 0.6 is 0 Å². The van der Waals surface area contributed by atoms with Crippen LogP contribution in [0.5, 0.6) is 5.75 Å². The van der Waals surface area contributed by atoms with Crippen LogP contribution in [0.2, 0.25) is 0 Å². The third kappa shape index (κ3) is 5.75. The monoisotopic (exact) mass is 315 g/mol. The number of methoxy groups -OCH3 is 1. The average Bonchev–Trinajstić information content (AvgIpc) is 2.52. The van der Waals surface area contributed by atoms with Crippen molar-refractivity contribution >= 4 is 17.3 Å². The van der Waals surface area contributed by atoms with Gasteiger partial charge in [0.25, 0.3) is 0 Å². The predicted octanol–water partition coefficient (Wildman–Crippen LogP) is 2.90. The number of ether oxygens (including phenoxy) is 1. The van der Waals surface area contributed by atoms with Crippen molar-refractivity contribution in [2.45, 2.75) is 13.3 Å². The number of hydrogen-bond donors (Lipinski definition) is 2. The van der Waals surface area contributed by atoms with Crippen LogP contribution < -0.4 is 15.4 Å². The molecule has 23 heavy (non-hydrogen) atoms. The lowest BCUT2D eigenvalue weighted by atomic mass is 10.3. The van der Waals surface area contributed by atoms with Crippen molar-refractivity contribution in [2.75, 3.05) is 44.9 Å². The molecule has 2 rings (SSSR count). The van der Waals surface area contributed by atoms with E-state index in [2.05, 4.69) is 39.6 Å². The molecule has 0 aliphatic carbocycles. The number of hydrogen-bond acceptors (Lipinski definition) is 6. The molecule has 6 nitrogen and oxygen atoms in total. The quantitative estimate of drug-likeness (QED) is 0.730. The summed E-state index contributed by atoms with van der Waals surface area (Å²) in [7, 11) is 5.81. The third-order valence-electron chi connectivity index (χ3n) is 3.29. The molecule has 1 heterocycles. The molecule has 0 radical (unpaired) electrons. The molecule has 0 saturated heterocycles. The van der Waals surface area contributed by atoms with Gasteiger partial charge in [0.2, 0.25) is 0 Å². The Hall–Kier alpha value is -2.34. The van der Waals surface area contributed by atoms with Gasteiger partial charge < -0.3 is 20.3 Å². The molecule has 2 N–H and O–H groups in total. The Morgan fingerprint density at radius 1 is 1.09 bits per heavy atom. The van der Waals surface area contributed by atoms with Crippen LogP contribution in [-0.2, 0) is 0 Å². The van der Waals surface area contributed by atoms with Crippen molar-refractivity contribution in [1.29, 1.82) is 0 Å². The van der Waals surface area contributed by atoms with Crippen LogP contribution in [0.4, 0.5) is 17.3 Å². The molecule has 0 amide bonds. The molecule has 0 aliphatic rings. The number of nitrogens with zero attached hydrogens (tertiary/aromatic N) is 3. The summed E-state index contributed by atoms with van der Waals surface area (Å²) in [6.07, 6.45) is 1.07. The summed E-state index contributed by atoms with van der Waals surface area (Å²) in [5, 5.41) is 6.64. The number of aromatic nitrogens is 2. The summed E-state index contributed by atoms with van der Waals surface area (Å²) in [5.74, 6) is 3.18. The maximum Gasteiger partial charge on any atom is 0.136 e. The number of anilines is 3. The number of rotatable bonds is 8. The summed E-state index contributed by atoms with van der Waals surface area (Å²) in [6.45, 7) is 3.83. The zero-order valence-corrected chi connectivity index (χ0v) is 14.3. The SMILES string of the molecule is COc1ccc(Nc2cc(NCCCN(C)C)nc(C)n2)cc1. The minimum absolute atomic E-state index is 0.735. The lowest BCUT2D eigenvalue weighted by molar-refractivity contribution is 0.405. The molecule has 0 fully saturated rings. The van der Waals surface area contributed by atoms with Crippen LogP contribution in [0, 0.1) is 6.92 Å². The van der Waals surface area contributed by atoms with Crippen molar-refractivity contribution in [1.82, 2.24) is 14.9 Å². The second-order valence-corrected chi connectivity index (χ2v) is 5.62. The minimum Gasteiger partial charge on any atom is -0.497 e. The first-order chi connectivity index (χ1) is 11.1. The van der Waals surface area contributed by atoms with Gasteiger partial charge in [0.05, 0.1) is 7.11 Å². The van der Waals surface area contributed by atoms with Crippen molar-refractivity contribution in [3.63, 3.8) is 0 Å². The summed E-state index contributed by atoms with van der Waals surface area (Å²) >= 11 is 0. The molecule has 124 valence electrons. The van der Waals surface area contributed by atoms with Gasteiger partial charge >= 0.3 is 0 Å². The van der Waals surface area contributed by atoms with Gasteiger partial charge in [-0.3, -0.25) is 0 Å². The molecule has 2 aromatic rings. The minimum atomic E-state index is 0.735. The van der Waals surface area contributed by atoms with Gasteiger partial charge in [-0.15, -0.1) is 0 Å². The average molecular weight is 315 g/mol. The van der Waals surface area contributed by atoms with Gasteiger partial charge in [0.1, 0.15) is 23.2 Å². The summed E-state index contributed by atoms with van der Waals surface area (Å²) in [5.41, 5.74) is 0.961.